The number of imide groups is 1. The van der Waals surface area contributed by atoms with Crippen molar-refractivity contribution in [2.24, 2.45) is 10.9 Å². The van der Waals surface area contributed by atoms with Crippen LogP contribution < -0.4 is 11.1 Å². The molecule has 2 aliphatic heterocycles. The van der Waals surface area contributed by atoms with Crippen molar-refractivity contribution in [3.63, 3.8) is 0 Å². The van der Waals surface area contributed by atoms with Crippen LogP contribution in [0.15, 0.2) is 23.4 Å². The van der Waals surface area contributed by atoms with Crippen LogP contribution in [-0.4, -0.2) is 39.7 Å². The van der Waals surface area contributed by atoms with Crippen molar-refractivity contribution in [3.8, 4) is 0 Å². The summed E-state index contributed by atoms with van der Waals surface area (Å²) in [6.45, 7) is 0.257. The molecule has 0 saturated carbocycles. The Hall–Kier alpha value is -2.90. The number of rotatable bonds is 2. The number of amides is 3. The molecular formula is C14H14N4O4. The zero-order valence-corrected chi connectivity index (χ0v) is 11.6. The number of benzene rings is 1. The quantitative estimate of drug-likeness (QED) is 0.224. The number of oxime groups is 1. The average molecular weight is 302 g/mol. The highest BCUT2D eigenvalue weighted by Gasteiger charge is 2.39. The Bertz CT molecular complexity index is 713. The Morgan fingerprint density at radius 3 is 2.82 bits per heavy atom. The van der Waals surface area contributed by atoms with E-state index in [1.54, 1.807) is 18.2 Å². The van der Waals surface area contributed by atoms with E-state index in [1.807, 2.05) is 0 Å². The van der Waals surface area contributed by atoms with Gasteiger partial charge in [-0.05, 0) is 24.1 Å². The van der Waals surface area contributed by atoms with E-state index < -0.39 is 11.9 Å². The molecule has 0 aromatic heterocycles. The zero-order valence-electron chi connectivity index (χ0n) is 11.6. The molecule has 0 aliphatic carbocycles. The SMILES string of the molecule is N/C(=N\O)c1ccc2c(c1)CN(C1CCC(=O)NC1=O)C2=O. The van der Waals surface area contributed by atoms with Crippen molar-refractivity contribution in [1.29, 1.82) is 0 Å². The number of hydrogen-bond acceptors (Lipinski definition) is 5. The fraction of sp³-hybridized carbons (Fsp3) is 0.286. The highest BCUT2D eigenvalue weighted by atomic mass is 16.4. The van der Waals surface area contributed by atoms with Gasteiger partial charge in [0, 0.05) is 24.1 Å². The summed E-state index contributed by atoms with van der Waals surface area (Å²) in [4.78, 5) is 37.0. The van der Waals surface area contributed by atoms with E-state index in [2.05, 4.69) is 10.5 Å². The molecule has 0 spiro atoms. The van der Waals surface area contributed by atoms with Crippen LogP contribution in [0, 0.1) is 0 Å². The van der Waals surface area contributed by atoms with Crippen LogP contribution in [0.1, 0.15) is 34.3 Å². The summed E-state index contributed by atoms with van der Waals surface area (Å²) in [6.07, 6.45) is 0.531. The summed E-state index contributed by atoms with van der Waals surface area (Å²) in [5, 5.41) is 13.9. The molecule has 8 nitrogen and oxygen atoms in total. The first-order valence-corrected chi connectivity index (χ1v) is 6.76. The van der Waals surface area contributed by atoms with E-state index in [-0.39, 0.29) is 30.6 Å². The van der Waals surface area contributed by atoms with Crippen LogP contribution >= 0.6 is 0 Å². The van der Waals surface area contributed by atoms with Crippen LogP contribution in [0.4, 0.5) is 0 Å². The predicted molar refractivity (Wildman–Crippen MR) is 75.0 cm³/mol. The maximum Gasteiger partial charge on any atom is 0.255 e. The molecule has 3 amide bonds. The van der Waals surface area contributed by atoms with E-state index >= 15 is 0 Å². The fourth-order valence-corrected chi connectivity index (χ4v) is 2.79. The van der Waals surface area contributed by atoms with Crippen LogP contribution in [0.5, 0.6) is 0 Å². The molecule has 8 heteroatoms. The lowest BCUT2D eigenvalue weighted by molar-refractivity contribution is -0.136. The van der Waals surface area contributed by atoms with Gasteiger partial charge in [0.25, 0.3) is 5.91 Å². The third-order valence-corrected chi connectivity index (χ3v) is 3.93. The molecule has 114 valence electrons. The van der Waals surface area contributed by atoms with E-state index in [1.165, 1.54) is 4.90 Å². The van der Waals surface area contributed by atoms with Gasteiger partial charge in [0.2, 0.25) is 11.8 Å². The Labute approximate surface area is 125 Å². The van der Waals surface area contributed by atoms with Gasteiger partial charge in [-0.2, -0.15) is 0 Å². The van der Waals surface area contributed by atoms with Crippen molar-refractivity contribution in [1.82, 2.24) is 10.2 Å². The van der Waals surface area contributed by atoms with Gasteiger partial charge >= 0.3 is 0 Å². The number of piperidine rings is 1. The largest absolute Gasteiger partial charge is 0.409 e. The molecule has 2 aliphatic rings. The van der Waals surface area contributed by atoms with Crippen molar-refractivity contribution in [2.75, 3.05) is 0 Å². The minimum absolute atomic E-state index is 0.0466. The number of amidine groups is 1. The van der Waals surface area contributed by atoms with Crippen LogP contribution in [0.2, 0.25) is 0 Å². The van der Waals surface area contributed by atoms with E-state index in [0.29, 0.717) is 23.1 Å². The molecule has 0 bridgehead atoms. The van der Waals surface area contributed by atoms with Gasteiger partial charge in [-0.15, -0.1) is 0 Å². The highest BCUT2D eigenvalue weighted by molar-refractivity contribution is 6.06. The van der Waals surface area contributed by atoms with Gasteiger partial charge in [0.15, 0.2) is 5.84 Å². The standard InChI is InChI=1S/C14H14N4O4/c15-12(17-22)7-1-2-9-8(5-7)6-18(14(9)21)10-3-4-11(19)16-13(10)20/h1-2,5,10,22H,3-4,6H2,(H2,15,17)(H,16,19,20). The molecule has 1 aromatic carbocycles. The van der Waals surface area contributed by atoms with E-state index in [9.17, 15) is 14.4 Å². The number of nitrogens with zero attached hydrogens (tertiary/aromatic N) is 2. The van der Waals surface area contributed by atoms with Crippen molar-refractivity contribution in [2.45, 2.75) is 25.4 Å². The molecule has 3 rings (SSSR count). The lowest BCUT2D eigenvalue weighted by Crippen LogP contribution is -2.52. The summed E-state index contributed by atoms with van der Waals surface area (Å²) in [7, 11) is 0. The van der Waals surface area contributed by atoms with Gasteiger partial charge < -0.3 is 15.8 Å². The van der Waals surface area contributed by atoms with Gasteiger partial charge in [0.05, 0.1) is 0 Å². The van der Waals surface area contributed by atoms with Crippen molar-refractivity contribution < 1.29 is 19.6 Å². The summed E-state index contributed by atoms with van der Waals surface area (Å²) in [5.74, 6) is -1.07. The third kappa shape index (κ3) is 2.18. The first-order chi connectivity index (χ1) is 10.5. The molecule has 1 saturated heterocycles. The Balaban J connectivity index is 1.88. The number of nitrogens with two attached hydrogens (primary N) is 1. The topological polar surface area (TPSA) is 125 Å². The molecular weight excluding hydrogens is 288 g/mol. The second-order valence-electron chi connectivity index (χ2n) is 5.26. The first kappa shape index (κ1) is 14.1. The minimum atomic E-state index is -0.648. The number of hydrogen-bond donors (Lipinski definition) is 3. The Kier molecular flexibility index (Phi) is 3.28. The van der Waals surface area contributed by atoms with Gasteiger partial charge in [0.1, 0.15) is 6.04 Å². The van der Waals surface area contributed by atoms with E-state index in [4.69, 9.17) is 10.9 Å². The summed E-state index contributed by atoms with van der Waals surface area (Å²) < 4.78 is 0. The van der Waals surface area contributed by atoms with Crippen molar-refractivity contribution in [3.05, 3.63) is 34.9 Å². The summed E-state index contributed by atoms with van der Waals surface area (Å²) in [5.41, 5.74) is 7.23. The summed E-state index contributed by atoms with van der Waals surface area (Å²) in [6, 6.07) is 4.19. The number of nitrogens with one attached hydrogen (secondary N) is 1. The molecule has 4 N–H and O–H groups in total. The minimum Gasteiger partial charge on any atom is -0.409 e. The molecule has 1 atom stereocenters. The lowest BCUT2D eigenvalue weighted by Gasteiger charge is -2.29. The average Bonchev–Trinajstić information content (AvgIpc) is 2.83. The monoisotopic (exact) mass is 302 g/mol. The Morgan fingerprint density at radius 1 is 1.36 bits per heavy atom. The van der Waals surface area contributed by atoms with Crippen LogP contribution in [0.25, 0.3) is 0 Å². The zero-order chi connectivity index (χ0) is 15.9. The second-order valence-corrected chi connectivity index (χ2v) is 5.26. The van der Waals surface area contributed by atoms with Crippen LogP contribution in [0.3, 0.4) is 0 Å². The normalized spacial score (nSPS) is 21.8. The maximum atomic E-state index is 12.4. The molecule has 1 fully saturated rings. The van der Waals surface area contributed by atoms with Crippen LogP contribution in [-0.2, 0) is 16.1 Å². The number of fused-ring (bicyclic) bond motifs is 1. The van der Waals surface area contributed by atoms with E-state index in [0.717, 1.165) is 0 Å². The Morgan fingerprint density at radius 2 is 2.14 bits per heavy atom. The number of carbonyl (C=O) groups is 3. The fourth-order valence-electron chi connectivity index (χ4n) is 2.79. The predicted octanol–water partition coefficient (Wildman–Crippen LogP) is -0.458. The smallest absolute Gasteiger partial charge is 0.255 e. The highest BCUT2D eigenvalue weighted by Crippen LogP contribution is 2.28. The number of carbonyl (C=O) groups excluding carboxylic acids is 3. The third-order valence-electron chi connectivity index (χ3n) is 3.93. The maximum absolute atomic E-state index is 12.4. The molecule has 0 radical (unpaired) electrons. The van der Waals surface area contributed by atoms with Crippen molar-refractivity contribution >= 4 is 23.6 Å². The van der Waals surface area contributed by atoms with Gasteiger partial charge in [-0.1, -0.05) is 11.2 Å². The lowest BCUT2D eigenvalue weighted by atomic mass is 10.0. The molecule has 22 heavy (non-hydrogen) atoms. The molecule has 1 unspecified atom stereocenters. The first-order valence-electron chi connectivity index (χ1n) is 6.76. The molecule has 1 aromatic rings. The van der Waals surface area contributed by atoms with Gasteiger partial charge in [-0.25, -0.2) is 0 Å². The second kappa shape index (κ2) is 5.14. The molecule has 2 heterocycles. The summed E-state index contributed by atoms with van der Waals surface area (Å²) >= 11 is 0. The van der Waals surface area contributed by atoms with Gasteiger partial charge in [-0.3, -0.25) is 19.7 Å².